The third kappa shape index (κ3) is 5.88. The van der Waals surface area contributed by atoms with Gasteiger partial charge in [0, 0.05) is 18.5 Å². The van der Waals surface area contributed by atoms with Crippen molar-refractivity contribution in [2.24, 2.45) is 5.41 Å². The molecule has 0 aliphatic heterocycles. The molecule has 0 aliphatic rings. The van der Waals surface area contributed by atoms with Crippen LogP contribution in [0.5, 0.6) is 0 Å². The molecule has 0 spiro atoms. The maximum absolute atomic E-state index is 11.8. The van der Waals surface area contributed by atoms with Gasteiger partial charge in [-0.1, -0.05) is 51.1 Å². The van der Waals surface area contributed by atoms with Crippen molar-refractivity contribution in [3.8, 4) is 0 Å². The molecule has 0 aromatic heterocycles. The van der Waals surface area contributed by atoms with E-state index in [9.17, 15) is 4.79 Å². The number of rotatable bonds is 8. The molecule has 1 aromatic rings. The molecular formula is C16H26N2O. The van der Waals surface area contributed by atoms with Crippen LogP contribution in [0, 0.1) is 5.41 Å². The number of carbonyl (C=O) groups is 1. The van der Waals surface area contributed by atoms with E-state index in [4.69, 9.17) is 0 Å². The summed E-state index contributed by atoms with van der Waals surface area (Å²) in [6.07, 6.45) is 1.88. The van der Waals surface area contributed by atoms with Crippen LogP contribution in [0.1, 0.15) is 32.8 Å². The monoisotopic (exact) mass is 262 g/mol. The van der Waals surface area contributed by atoms with Gasteiger partial charge in [0.1, 0.15) is 0 Å². The van der Waals surface area contributed by atoms with Crippen LogP contribution >= 0.6 is 0 Å². The fourth-order valence-electron chi connectivity index (χ4n) is 1.67. The fraction of sp³-hybridized carbons (Fsp3) is 0.562. The minimum absolute atomic E-state index is 0.139. The molecular weight excluding hydrogens is 236 g/mol. The highest BCUT2D eigenvalue weighted by molar-refractivity contribution is 5.81. The highest BCUT2D eigenvalue weighted by Gasteiger charge is 2.24. The first kappa shape index (κ1) is 15.7. The Balaban J connectivity index is 2.07. The van der Waals surface area contributed by atoms with Crippen molar-refractivity contribution in [3.05, 3.63) is 35.9 Å². The molecule has 3 nitrogen and oxygen atoms in total. The zero-order chi connectivity index (χ0) is 14.1. The zero-order valence-corrected chi connectivity index (χ0v) is 12.3. The predicted molar refractivity (Wildman–Crippen MR) is 80.1 cm³/mol. The van der Waals surface area contributed by atoms with E-state index in [1.807, 2.05) is 26.8 Å². The second-order valence-electron chi connectivity index (χ2n) is 5.48. The number of amides is 1. The van der Waals surface area contributed by atoms with Gasteiger partial charge in [0.05, 0.1) is 0 Å². The van der Waals surface area contributed by atoms with Crippen molar-refractivity contribution in [1.29, 1.82) is 0 Å². The lowest BCUT2D eigenvalue weighted by molar-refractivity contribution is -0.129. The first-order chi connectivity index (χ1) is 9.06. The zero-order valence-electron chi connectivity index (χ0n) is 12.3. The lowest BCUT2D eigenvalue weighted by atomic mass is 9.89. The maximum atomic E-state index is 11.8. The van der Waals surface area contributed by atoms with E-state index in [-0.39, 0.29) is 11.3 Å². The van der Waals surface area contributed by atoms with Gasteiger partial charge < -0.3 is 10.6 Å². The lowest BCUT2D eigenvalue weighted by Gasteiger charge is -2.21. The Morgan fingerprint density at radius 3 is 2.42 bits per heavy atom. The summed E-state index contributed by atoms with van der Waals surface area (Å²) >= 11 is 0. The van der Waals surface area contributed by atoms with Crippen molar-refractivity contribution in [2.45, 2.75) is 33.6 Å². The van der Waals surface area contributed by atoms with Gasteiger partial charge in [-0.15, -0.1) is 0 Å². The molecule has 0 fully saturated rings. The van der Waals surface area contributed by atoms with Crippen molar-refractivity contribution in [1.82, 2.24) is 10.6 Å². The summed E-state index contributed by atoms with van der Waals surface area (Å²) in [5.41, 5.74) is 1.08. The molecule has 19 heavy (non-hydrogen) atoms. The lowest BCUT2D eigenvalue weighted by Crippen LogP contribution is -2.40. The highest BCUT2D eigenvalue weighted by Crippen LogP contribution is 2.18. The number of carbonyl (C=O) groups excluding carboxylic acids is 1. The first-order valence-corrected chi connectivity index (χ1v) is 7.09. The van der Waals surface area contributed by atoms with Crippen LogP contribution in [0.4, 0.5) is 0 Å². The Morgan fingerprint density at radius 1 is 1.11 bits per heavy atom. The minimum atomic E-state index is -0.260. The van der Waals surface area contributed by atoms with E-state index in [0.717, 1.165) is 25.9 Å². The minimum Gasteiger partial charge on any atom is -0.354 e. The average molecular weight is 262 g/mol. The molecule has 3 heteroatoms. The second kappa shape index (κ2) is 7.95. The Kier molecular flexibility index (Phi) is 6.57. The van der Waals surface area contributed by atoms with Gasteiger partial charge in [-0.05, 0) is 24.9 Å². The summed E-state index contributed by atoms with van der Waals surface area (Å²) in [5.74, 6) is 0.139. The molecule has 1 amide bonds. The molecule has 0 saturated heterocycles. The summed E-state index contributed by atoms with van der Waals surface area (Å²) in [5, 5.41) is 6.32. The summed E-state index contributed by atoms with van der Waals surface area (Å²) in [7, 11) is 0. The molecule has 0 heterocycles. The van der Waals surface area contributed by atoms with Crippen LogP contribution in [0.2, 0.25) is 0 Å². The number of benzene rings is 1. The fourth-order valence-corrected chi connectivity index (χ4v) is 1.67. The van der Waals surface area contributed by atoms with Crippen molar-refractivity contribution in [3.63, 3.8) is 0 Å². The van der Waals surface area contributed by atoms with Gasteiger partial charge in [0.25, 0.3) is 0 Å². The van der Waals surface area contributed by atoms with Crippen LogP contribution in [-0.4, -0.2) is 25.5 Å². The third-order valence-corrected chi connectivity index (χ3v) is 3.52. The van der Waals surface area contributed by atoms with Gasteiger partial charge >= 0.3 is 0 Å². The SMILES string of the molecule is CCC(C)(C)C(=O)NCCNCCc1ccccc1. The van der Waals surface area contributed by atoms with Gasteiger partial charge in [-0.2, -0.15) is 0 Å². The largest absolute Gasteiger partial charge is 0.354 e. The van der Waals surface area contributed by atoms with E-state index >= 15 is 0 Å². The Morgan fingerprint density at radius 2 is 1.79 bits per heavy atom. The first-order valence-electron chi connectivity index (χ1n) is 7.09. The molecule has 2 N–H and O–H groups in total. The molecule has 0 radical (unpaired) electrons. The summed E-state index contributed by atoms with van der Waals surface area (Å²) < 4.78 is 0. The molecule has 1 aromatic carbocycles. The Labute approximate surface area is 116 Å². The maximum Gasteiger partial charge on any atom is 0.225 e. The van der Waals surface area contributed by atoms with Gasteiger partial charge in [0.2, 0.25) is 5.91 Å². The van der Waals surface area contributed by atoms with Gasteiger partial charge in [-0.25, -0.2) is 0 Å². The highest BCUT2D eigenvalue weighted by atomic mass is 16.2. The van der Waals surface area contributed by atoms with E-state index in [0.29, 0.717) is 6.54 Å². The van der Waals surface area contributed by atoms with Crippen molar-refractivity contribution >= 4 is 5.91 Å². The Hall–Kier alpha value is -1.35. The molecule has 106 valence electrons. The molecule has 0 unspecified atom stereocenters. The average Bonchev–Trinajstić information content (AvgIpc) is 2.43. The topological polar surface area (TPSA) is 41.1 Å². The third-order valence-electron chi connectivity index (χ3n) is 3.52. The predicted octanol–water partition coefficient (Wildman–Crippen LogP) is 2.37. The number of hydrogen-bond acceptors (Lipinski definition) is 2. The van der Waals surface area contributed by atoms with Gasteiger partial charge in [0.15, 0.2) is 0 Å². The number of hydrogen-bond donors (Lipinski definition) is 2. The van der Waals surface area contributed by atoms with Crippen LogP contribution in [0.3, 0.4) is 0 Å². The summed E-state index contributed by atoms with van der Waals surface area (Å²) in [6.45, 7) is 8.44. The smallest absolute Gasteiger partial charge is 0.225 e. The van der Waals surface area contributed by atoms with Crippen LogP contribution in [0.15, 0.2) is 30.3 Å². The molecule has 1 rings (SSSR count). The van der Waals surface area contributed by atoms with Gasteiger partial charge in [-0.3, -0.25) is 4.79 Å². The number of nitrogens with one attached hydrogen (secondary N) is 2. The Bertz CT molecular complexity index is 374. The summed E-state index contributed by atoms with van der Waals surface area (Å²) in [4.78, 5) is 11.8. The molecule has 0 bridgehead atoms. The standard InChI is InChI=1S/C16H26N2O/c1-4-16(2,3)15(19)18-13-12-17-11-10-14-8-6-5-7-9-14/h5-9,17H,4,10-13H2,1-3H3,(H,18,19). The van der Waals surface area contributed by atoms with Crippen molar-refractivity contribution < 1.29 is 4.79 Å². The summed E-state index contributed by atoms with van der Waals surface area (Å²) in [6, 6.07) is 10.4. The van der Waals surface area contributed by atoms with E-state index < -0.39 is 0 Å². The van der Waals surface area contributed by atoms with Crippen LogP contribution in [0.25, 0.3) is 0 Å². The molecule has 0 atom stereocenters. The van der Waals surface area contributed by atoms with E-state index in [2.05, 4.69) is 34.9 Å². The van der Waals surface area contributed by atoms with E-state index in [1.165, 1.54) is 5.56 Å². The second-order valence-corrected chi connectivity index (χ2v) is 5.48. The van der Waals surface area contributed by atoms with Crippen molar-refractivity contribution in [2.75, 3.05) is 19.6 Å². The normalized spacial score (nSPS) is 11.3. The van der Waals surface area contributed by atoms with E-state index in [1.54, 1.807) is 0 Å². The van der Waals surface area contributed by atoms with Crippen LogP contribution in [-0.2, 0) is 11.2 Å². The molecule has 0 aliphatic carbocycles. The van der Waals surface area contributed by atoms with Crippen LogP contribution < -0.4 is 10.6 Å². The molecule has 0 saturated carbocycles. The quantitative estimate of drug-likeness (QED) is 0.706.